The van der Waals surface area contributed by atoms with Gasteiger partial charge in [-0.3, -0.25) is 0 Å². The number of aliphatic hydroxyl groups excluding tert-OH is 2. The van der Waals surface area contributed by atoms with Crippen LogP contribution >= 0.6 is 0 Å². The van der Waals surface area contributed by atoms with Crippen LogP contribution in [0.4, 0.5) is 0 Å². The highest BCUT2D eigenvalue weighted by molar-refractivity contribution is 5.39. The smallest absolute Gasteiger partial charge is 0.0837 e. The van der Waals surface area contributed by atoms with Crippen LogP contribution < -0.4 is 0 Å². The van der Waals surface area contributed by atoms with Gasteiger partial charge in [0, 0.05) is 5.92 Å². The van der Waals surface area contributed by atoms with Gasteiger partial charge in [0.15, 0.2) is 0 Å². The Morgan fingerprint density at radius 1 is 1.23 bits per heavy atom. The summed E-state index contributed by atoms with van der Waals surface area (Å²) in [4.78, 5) is 0. The van der Waals surface area contributed by atoms with Crippen molar-refractivity contribution in [1.29, 1.82) is 0 Å². The van der Waals surface area contributed by atoms with Crippen LogP contribution in [0.3, 0.4) is 0 Å². The van der Waals surface area contributed by atoms with Crippen LogP contribution in [-0.2, 0) is 0 Å². The van der Waals surface area contributed by atoms with Crippen LogP contribution in [0.1, 0.15) is 92.4 Å². The van der Waals surface area contributed by atoms with Gasteiger partial charge in [0.05, 0.1) is 17.8 Å². The molecule has 3 nitrogen and oxygen atoms in total. The minimum absolute atomic E-state index is 0.149. The van der Waals surface area contributed by atoms with Crippen LogP contribution in [0.2, 0.25) is 0 Å². The summed E-state index contributed by atoms with van der Waals surface area (Å²) in [6.07, 6.45) is 13.4. The first kappa shape index (κ1) is 24.7. The molecule has 7 unspecified atom stereocenters. The molecule has 0 aliphatic heterocycles. The molecule has 31 heavy (non-hydrogen) atoms. The summed E-state index contributed by atoms with van der Waals surface area (Å²) in [5.41, 5.74) is 3.15. The molecule has 0 heterocycles. The molecule has 176 valence electrons. The number of hydrogen-bond acceptors (Lipinski definition) is 3. The van der Waals surface area contributed by atoms with Crippen molar-refractivity contribution in [3.8, 4) is 0 Å². The van der Waals surface area contributed by atoms with E-state index in [4.69, 9.17) is 0 Å². The lowest BCUT2D eigenvalue weighted by molar-refractivity contribution is 0.0283. The Bertz CT molecular complexity index is 712. The normalized spacial score (nSPS) is 40.4. The molecule has 3 heteroatoms. The van der Waals surface area contributed by atoms with E-state index in [1.807, 2.05) is 20.8 Å². The van der Waals surface area contributed by atoms with Crippen LogP contribution in [0.5, 0.6) is 0 Å². The van der Waals surface area contributed by atoms with Crippen molar-refractivity contribution >= 4 is 0 Å². The predicted molar refractivity (Wildman–Crippen MR) is 129 cm³/mol. The fourth-order valence-electron chi connectivity index (χ4n) is 6.91. The molecule has 3 aliphatic rings. The quantitative estimate of drug-likeness (QED) is 0.488. The van der Waals surface area contributed by atoms with Crippen molar-refractivity contribution in [2.75, 3.05) is 0 Å². The lowest BCUT2D eigenvalue weighted by Gasteiger charge is -2.44. The average Bonchev–Trinajstić information content (AvgIpc) is 3.04. The van der Waals surface area contributed by atoms with E-state index in [0.717, 1.165) is 36.3 Å². The second-order valence-electron chi connectivity index (χ2n) is 11.8. The van der Waals surface area contributed by atoms with Gasteiger partial charge < -0.3 is 15.3 Å². The number of allylic oxidation sites excluding steroid dienone is 3. The highest BCUT2D eigenvalue weighted by Crippen LogP contribution is 2.60. The Morgan fingerprint density at radius 3 is 2.61 bits per heavy atom. The molecule has 0 spiro atoms. The topological polar surface area (TPSA) is 60.7 Å². The maximum atomic E-state index is 10.4. The molecule has 0 radical (unpaired) electrons. The van der Waals surface area contributed by atoms with Gasteiger partial charge in [-0.2, -0.15) is 0 Å². The van der Waals surface area contributed by atoms with Gasteiger partial charge in [0.1, 0.15) is 0 Å². The second kappa shape index (κ2) is 9.53. The van der Waals surface area contributed by atoms with Crippen molar-refractivity contribution in [2.45, 2.75) is 110 Å². The van der Waals surface area contributed by atoms with Crippen LogP contribution in [-0.4, -0.2) is 33.1 Å². The Hall–Kier alpha value is -0.900. The van der Waals surface area contributed by atoms with E-state index in [1.54, 1.807) is 5.57 Å². The van der Waals surface area contributed by atoms with Crippen LogP contribution in [0.25, 0.3) is 0 Å². The highest BCUT2D eigenvalue weighted by Gasteiger charge is 2.50. The first-order chi connectivity index (χ1) is 14.4. The van der Waals surface area contributed by atoms with Gasteiger partial charge in [0.2, 0.25) is 0 Å². The number of aliphatic hydroxyl groups is 3. The standard InChI is InChI=1S/C28H46O3/c1-18(9-7-15-27(4,5)31)23-13-14-24-21(10-8-16-28(23,24)6)11-12-22-17-25(29)20(3)26(30)19(22)2/h11-12,18,20,23-26,29-31H,2,7-10,13-17H2,1,3-6H3/b21-11+,22-12-. The second-order valence-corrected chi connectivity index (χ2v) is 11.8. The van der Waals surface area contributed by atoms with Crippen molar-refractivity contribution in [2.24, 2.45) is 29.1 Å². The first-order valence-electron chi connectivity index (χ1n) is 12.6. The van der Waals surface area contributed by atoms with E-state index in [9.17, 15) is 15.3 Å². The van der Waals surface area contributed by atoms with Gasteiger partial charge in [-0.05, 0) is 93.1 Å². The largest absolute Gasteiger partial charge is 0.392 e. The fourth-order valence-corrected chi connectivity index (χ4v) is 6.91. The molecule has 0 amide bonds. The molecule has 0 saturated heterocycles. The van der Waals surface area contributed by atoms with Gasteiger partial charge in [-0.1, -0.05) is 57.9 Å². The maximum absolute atomic E-state index is 10.4. The summed E-state index contributed by atoms with van der Waals surface area (Å²) < 4.78 is 0. The monoisotopic (exact) mass is 430 g/mol. The Labute approximate surface area is 190 Å². The third-order valence-corrected chi connectivity index (χ3v) is 8.97. The number of fused-ring (bicyclic) bond motifs is 1. The molecule has 3 rings (SSSR count). The molecular formula is C28H46O3. The molecule has 7 atom stereocenters. The number of hydrogen-bond donors (Lipinski definition) is 3. The van der Waals surface area contributed by atoms with Crippen molar-refractivity contribution < 1.29 is 15.3 Å². The molecule has 3 N–H and O–H groups in total. The summed E-state index contributed by atoms with van der Waals surface area (Å²) in [6.45, 7) is 14.8. The summed E-state index contributed by atoms with van der Waals surface area (Å²) in [6, 6.07) is 0. The SMILES string of the molecule is C=C1/C(=C\C=C2/CCCC3(C)C2CCC3C(C)CCCC(C)(C)O)CC(O)C(C)C1O. The molecule has 0 aromatic rings. The predicted octanol–water partition coefficient (Wildman–Crippen LogP) is 5.95. The lowest BCUT2D eigenvalue weighted by atomic mass is 9.60. The van der Waals surface area contributed by atoms with Crippen LogP contribution in [0, 0.1) is 29.1 Å². The molecule has 3 fully saturated rings. The van der Waals surface area contributed by atoms with Crippen LogP contribution in [0.15, 0.2) is 35.5 Å². The molecule has 0 aromatic heterocycles. The summed E-state index contributed by atoms with van der Waals surface area (Å²) in [7, 11) is 0. The van der Waals surface area contributed by atoms with Crippen molar-refractivity contribution in [3.05, 3.63) is 35.5 Å². The third-order valence-electron chi connectivity index (χ3n) is 8.97. The fraction of sp³-hybridized carbons (Fsp3) is 0.786. The van der Waals surface area contributed by atoms with Crippen molar-refractivity contribution in [3.63, 3.8) is 0 Å². The van der Waals surface area contributed by atoms with Gasteiger partial charge in [-0.15, -0.1) is 0 Å². The summed E-state index contributed by atoms with van der Waals surface area (Å²) in [5.74, 6) is 1.94. The number of rotatable bonds is 6. The van der Waals surface area contributed by atoms with Gasteiger partial charge in [-0.25, -0.2) is 0 Å². The minimum Gasteiger partial charge on any atom is -0.392 e. The summed E-state index contributed by atoms with van der Waals surface area (Å²) >= 11 is 0. The van der Waals surface area contributed by atoms with E-state index < -0.39 is 17.8 Å². The molecule has 3 aliphatic carbocycles. The molecule has 0 bridgehead atoms. The Kier molecular flexibility index (Phi) is 7.61. The van der Waals surface area contributed by atoms with Gasteiger partial charge in [0.25, 0.3) is 0 Å². The van der Waals surface area contributed by atoms with Crippen molar-refractivity contribution in [1.82, 2.24) is 0 Å². The minimum atomic E-state index is -0.648. The van der Waals surface area contributed by atoms with E-state index >= 15 is 0 Å². The zero-order chi connectivity index (χ0) is 23.0. The molecule has 3 saturated carbocycles. The summed E-state index contributed by atoms with van der Waals surface area (Å²) in [5, 5.41) is 30.7. The Balaban J connectivity index is 1.71. The zero-order valence-corrected chi connectivity index (χ0v) is 20.5. The lowest BCUT2D eigenvalue weighted by Crippen LogP contribution is -2.36. The van der Waals surface area contributed by atoms with E-state index in [0.29, 0.717) is 23.7 Å². The van der Waals surface area contributed by atoms with E-state index in [2.05, 4.69) is 32.6 Å². The maximum Gasteiger partial charge on any atom is 0.0837 e. The Morgan fingerprint density at radius 2 is 1.94 bits per heavy atom. The molecular weight excluding hydrogens is 384 g/mol. The first-order valence-corrected chi connectivity index (χ1v) is 12.6. The average molecular weight is 431 g/mol. The van der Waals surface area contributed by atoms with Gasteiger partial charge >= 0.3 is 0 Å². The highest BCUT2D eigenvalue weighted by atomic mass is 16.3. The third kappa shape index (κ3) is 5.37. The zero-order valence-electron chi connectivity index (χ0n) is 20.5. The van der Waals surface area contributed by atoms with E-state index in [-0.39, 0.29) is 5.92 Å². The molecule has 0 aromatic carbocycles. The van der Waals surface area contributed by atoms with E-state index in [1.165, 1.54) is 32.1 Å².